The van der Waals surface area contributed by atoms with E-state index in [1.807, 2.05) is 26.2 Å². The topological polar surface area (TPSA) is 55.8 Å². The van der Waals surface area contributed by atoms with Crippen molar-refractivity contribution in [2.75, 3.05) is 43.5 Å². The number of anilines is 2. The lowest BCUT2D eigenvalue weighted by Gasteiger charge is -2.20. The van der Waals surface area contributed by atoms with Gasteiger partial charge in [-0.15, -0.1) is 0 Å². The van der Waals surface area contributed by atoms with Gasteiger partial charge in [0.2, 0.25) is 0 Å². The minimum Gasteiger partial charge on any atom is -0.378 e. The molecule has 150 valence electrons. The van der Waals surface area contributed by atoms with E-state index in [2.05, 4.69) is 56.6 Å². The maximum Gasteiger partial charge on any atom is 0.191 e. The molecule has 0 amide bonds. The highest BCUT2D eigenvalue weighted by molar-refractivity contribution is 6.32. The lowest BCUT2D eigenvalue weighted by Crippen LogP contribution is -2.44. The largest absolute Gasteiger partial charge is 0.378 e. The molecule has 1 saturated heterocycles. The molecular weight excluding hydrogens is 372 g/mol. The van der Waals surface area contributed by atoms with Crippen molar-refractivity contribution in [3.05, 3.63) is 53.2 Å². The van der Waals surface area contributed by atoms with Gasteiger partial charge in [0.1, 0.15) is 5.82 Å². The van der Waals surface area contributed by atoms with E-state index in [1.54, 1.807) is 6.20 Å². The van der Waals surface area contributed by atoms with Gasteiger partial charge in [-0.2, -0.15) is 0 Å². The van der Waals surface area contributed by atoms with Crippen molar-refractivity contribution < 1.29 is 0 Å². The number of hydrogen-bond donors (Lipinski definition) is 2. The van der Waals surface area contributed by atoms with Gasteiger partial charge in [0.05, 0.1) is 11.6 Å². The smallest absolute Gasteiger partial charge is 0.191 e. The standard InChI is InChI=1S/C21H29ClN6/c1-4-23-21(25-14-16-7-9-18(10-8-16)27(2)3)26-17-11-13-28(15-17)20-19(22)6-5-12-24-20/h5-10,12,17H,4,11,13-15H2,1-3H3,(H2,23,25,26). The molecule has 6 nitrogen and oxygen atoms in total. The molecule has 2 heterocycles. The van der Waals surface area contributed by atoms with Gasteiger partial charge in [0, 0.05) is 51.7 Å². The highest BCUT2D eigenvalue weighted by atomic mass is 35.5. The van der Waals surface area contributed by atoms with Crippen LogP contribution in [0.4, 0.5) is 11.5 Å². The normalized spacial score (nSPS) is 16.9. The summed E-state index contributed by atoms with van der Waals surface area (Å²) < 4.78 is 0. The highest BCUT2D eigenvalue weighted by Gasteiger charge is 2.25. The van der Waals surface area contributed by atoms with Crippen LogP contribution in [0, 0.1) is 0 Å². The van der Waals surface area contributed by atoms with E-state index in [9.17, 15) is 0 Å². The molecule has 3 rings (SSSR count). The molecule has 1 atom stereocenters. The van der Waals surface area contributed by atoms with Gasteiger partial charge < -0.3 is 20.4 Å². The first-order valence-corrected chi connectivity index (χ1v) is 10.1. The number of nitrogens with zero attached hydrogens (tertiary/aromatic N) is 4. The van der Waals surface area contributed by atoms with Crippen molar-refractivity contribution in [1.82, 2.24) is 15.6 Å². The number of aliphatic imine (C=N–C) groups is 1. The Morgan fingerprint density at radius 3 is 2.75 bits per heavy atom. The Bertz CT molecular complexity index is 790. The minimum absolute atomic E-state index is 0.312. The minimum atomic E-state index is 0.312. The summed E-state index contributed by atoms with van der Waals surface area (Å²) in [6.07, 6.45) is 2.81. The quantitative estimate of drug-likeness (QED) is 0.576. The van der Waals surface area contributed by atoms with Gasteiger partial charge in [0.15, 0.2) is 5.96 Å². The van der Waals surface area contributed by atoms with Crippen molar-refractivity contribution in [1.29, 1.82) is 0 Å². The predicted octanol–water partition coefficient (Wildman–Crippen LogP) is 3.14. The van der Waals surface area contributed by atoms with E-state index >= 15 is 0 Å². The van der Waals surface area contributed by atoms with Crippen LogP contribution in [-0.2, 0) is 6.54 Å². The molecule has 1 aromatic carbocycles. The van der Waals surface area contributed by atoms with Crippen LogP contribution in [0.3, 0.4) is 0 Å². The first-order chi connectivity index (χ1) is 13.6. The van der Waals surface area contributed by atoms with Gasteiger partial charge in [-0.25, -0.2) is 9.98 Å². The van der Waals surface area contributed by atoms with Crippen molar-refractivity contribution >= 4 is 29.1 Å². The van der Waals surface area contributed by atoms with Crippen LogP contribution in [0.1, 0.15) is 18.9 Å². The number of aromatic nitrogens is 1. The molecule has 2 N–H and O–H groups in total. The first-order valence-electron chi connectivity index (χ1n) is 9.73. The van der Waals surface area contributed by atoms with Crippen molar-refractivity contribution in [2.45, 2.75) is 25.9 Å². The molecule has 0 radical (unpaired) electrons. The number of halogens is 1. The highest BCUT2D eigenvalue weighted by Crippen LogP contribution is 2.25. The zero-order chi connectivity index (χ0) is 19.9. The molecule has 1 aliphatic rings. The Labute approximate surface area is 172 Å². The molecule has 28 heavy (non-hydrogen) atoms. The number of pyridine rings is 1. The first kappa shape index (κ1) is 20.3. The van der Waals surface area contributed by atoms with Crippen LogP contribution in [-0.4, -0.2) is 50.7 Å². The summed E-state index contributed by atoms with van der Waals surface area (Å²) in [5.41, 5.74) is 2.38. The van der Waals surface area contributed by atoms with Crippen LogP contribution >= 0.6 is 11.6 Å². The molecule has 0 bridgehead atoms. The molecular formula is C21H29ClN6. The Morgan fingerprint density at radius 1 is 1.29 bits per heavy atom. The molecule has 7 heteroatoms. The van der Waals surface area contributed by atoms with E-state index < -0.39 is 0 Å². The van der Waals surface area contributed by atoms with Gasteiger partial charge in [-0.1, -0.05) is 23.7 Å². The van der Waals surface area contributed by atoms with E-state index in [-0.39, 0.29) is 0 Å². The van der Waals surface area contributed by atoms with Gasteiger partial charge in [-0.05, 0) is 43.2 Å². The summed E-state index contributed by atoms with van der Waals surface area (Å²) in [5.74, 6) is 1.70. The zero-order valence-electron chi connectivity index (χ0n) is 16.8. The molecule has 0 spiro atoms. The Kier molecular flexibility index (Phi) is 6.98. The number of hydrogen-bond acceptors (Lipinski definition) is 4. The zero-order valence-corrected chi connectivity index (χ0v) is 17.6. The van der Waals surface area contributed by atoms with E-state index in [4.69, 9.17) is 16.6 Å². The molecule has 2 aromatic rings. The summed E-state index contributed by atoms with van der Waals surface area (Å²) in [7, 11) is 4.09. The molecule has 1 unspecified atom stereocenters. The fourth-order valence-corrected chi connectivity index (χ4v) is 3.50. The number of nitrogens with one attached hydrogen (secondary N) is 2. The Balaban J connectivity index is 1.60. The fraction of sp³-hybridized carbons (Fsp3) is 0.429. The van der Waals surface area contributed by atoms with Gasteiger partial charge in [0.25, 0.3) is 0 Å². The third-order valence-corrected chi connectivity index (χ3v) is 5.08. The molecule has 1 fully saturated rings. The fourth-order valence-electron chi connectivity index (χ4n) is 3.26. The molecule has 0 aliphatic carbocycles. The van der Waals surface area contributed by atoms with Crippen LogP contribution in [0.15, 0.2) is 47.6 Å². The number of guanidine groups is 1. The average Bonchev–Trinajstić information content (AvgIpc) is 3.15. The van der Waals surface area contributed by atoms with Crippen LogP contribution < -0.4 is 20.4 Å². The van der Waals surface area contributed by atoms with Crippen LogP contribution in [0.25, 0.3) is 0 Å². The van der Waals surface area contributed by atoms with Gasteiger partial charge in [-0.3, -0.25) is 0 Å². The maximum atomic E-state index is 6.29. The second-order valence-corrected chi connectivity index (χ2v) is 7.55. The van der Waals surface area contributed by atoms with Gasteiger partial charge >= 0.3 is 0 Å². The maximum absolute atomic E-state index is 6.29. The second kappa shape index (κ2) is 9.64. The Hall–Kier alpha value is -2.47. The third-order valence-electron chi connectivity index (χ3n) is 4.78. The summed E-state index contributed by atoms with van der Waals surface area (Å²) in [4.78, 5) is 13.5. The second-order valence-electron chi connectivity index (χ2n) is 7.14. The average molecular weight is 401 g/mol. The number of benzene rings is 1. The summed E-state index contributed by atoms with van der Waals surface area (Å²) in [5, 5.41) is 7.60. The van der Waals surface area contributed by atoms with Crippen molar-refractivity contribution in [3.63, 3.8) is 0 Å². The molecule has 0 saturated carbocycles. The summed E-state index contributed by atoms with van der Waals surface area (Å²) in [6.45, 7) is 5.34. The monoisotopic (exact) mass is 400 g/mol. The summed E-state index contributed by atoms with van der Waals surface area (Å²) >= 11 is 6.29. The lowest BCUT2D eigenvalue weighted by atomic mass is 10.2. The van der Waals surface area contributed by atoms with Crippen molar-refractivity contribution in [2.24, 2.45) is 4.99 Å². The SMILES string of the molecule is CCNC(=NCc1ccc(N(C)C)cc1)NC1CCN(c2ncccc2Cl)C1. The molecule has 1 aliphatic heterocycles. The lowest BCUT2D eigenvalue weighted by molar-refractivity contribution is 0.649. The van der Waals surface area contributed by atoms with E-state index in [0.29, 0.717) is 17.6 Å². The molecule has 1 aromatic heterocycles. The van der Waals surface area contributed by atoms with E-state index in [0.717, 1.165) is 37.8 Å². The number of rotatable bonds is 6. The predicted molar refractivity (Wildman–Crippen MR) is 119 cm³/mol. The summed E-state index contributed by atoms with van der Waals surface area (Å²) in [6, 6.07) is 12.6. The Morgan fingerprint density at radius 2 is 2.07 bits per heavy atom. The van der Waals surface area contributed by atoms with Crippen LogP contribution in [0.5, 0.6) is 0 Å². The van der Waals surface area contributed by atoms with E-state index in [1.165, 1.54) is 11.3 Å². The van der Waals surface area contributed by atoms with Crippen molar-refractivity contribution in [3.8, 4) is 0 Å². The van der Waals surface area contributed by atoms with Crippen LogP contribution in [0.2, 0.25) is 5.02 Å². The third kappa shape index (κ3) is 5.29.